The summed E-state index contributed by atoms with van der Waals surface area (Å²) < 4.78 is 0. The highest BCUT2D eigenvalue weighted by Gasteiger charge is 2.40. The van der Waals surface area contributed by atoms with E-state index in [1.54, 1.807) is 0 Å². The minimum Gasteiger partial charge on any atom is -0.317 e. The molecule has 1 saturated heterocycles. The van der Waals surface area contributed by atoms with Crippen LogP contribution in [0.1, 0.15) is 45.1 Å². The number of piperidine rings is 1. The Bertz CT molecular complexity index is 385. The van der Waals surface area contributed by atoms with Gasteiger partial charge in [-0.1, -0.05) is 30.3 Å². The maximum atomic E-state index is 4.50. The van der Waals surface area contributed by atoms with E-state index in [-0.39, 0.29) is 17.0 Å². The van der Waals surface area contributed by atoms with Crippen LogP contribution < -0.4 is 10.6 Å². The van der Waals surface area contributed by atoms with Crippen molar-refractivity contribution in [3.05, 3.63) is 42.8 Å². The van der Waals surface area contributed by atoms with Crippen molar-refractivity contribution in [2.24, 2.45) is 0 Å². The predicted octanol–water partition coefficient (Wildman–Crippen LogP) is 3.11. The lowest BCUT2D eigenvalue weighted by molar-refractivity contribution is 0.169. The molecule has 0 aliphatic carbocycles. The monoisotopic (exact) mass is 259 g/mol. The lowest BCUT2D eigenvalue weighted by atomic mass is 9.73. The molecule has 1 unspecified atom stereocenters. The second-order valence-electron chi connectivity index (χ2n) is 6.74. The van der Waals surface area contributed by atoms with Crippen LogP contribution in [0.2, 0.25) is 0 Å². The topological polar surface area (TPSA) is 24.1 Å². The van der Waals surface area contributed by atoms with Crippen molar-refractivity contribution in [1.82, 2.24) is 10.6 Å². The Balaban J connectivity index is 2.27. The van der Waals surface area contributed by atoms with Crippen molar-refractivity contribution in [3.63, 3.8) is 0 Å². The molecule has 2 N–H and O–H groups in total. The van der Waals surface area contributed by atoms with Crippen LogP contribution in [0.15, 0.2) is 30.3 Å². The zero-order valence-electron chi connectivity index (χ0n) is 12.5. The summed E-state index contributed by atoms with van der Waals surface area (Å²) in [7, 11) is 0. The van der Waals surface area contributed by atoms with Gasteiger partial charge in [-0.2, -0.15) is 0 Å². The van der Waals surface area contributed by atoms with Gasteiger partial charge in [-0.25, -0.2) is 0 Å². The Labute approximate surface area is 118 Å². The summed E-state index contributed by atoms with van der Waals surface area (Å²) in [6.07, 6.45) is 2.26. The number of nitrogens with one attached hydrogen (secondary N) is 2. The second-order valence-corrected chi connectivity index (χ2v) is 6.74. The zero-order chi connectivity index (χ0) is 13.9. The molecule has 1 fully saturated rings. The minimum atomic E-state index is 0.102. The van der Waals surface area contributed by atoms with Crippen molar-refractivity contribution < 1.29 is 0 Å². The number of hydrogen-bond donors (Lipinski definition) is 2. The smallest absolute Gasteiger partial charge is 0.0278 e. The Morgan fingerprint density at radius 2 is 1.74 bits per heavy atom. The standard InChI is InChI=1S/C17H27N2/c1-14(15-8-6-5-7-9-15)17(19-16(2,3)4)10-12-18-13-11-17/h5-9,14,18-19H,1,10-13H2,2-4H3. The molecule has 105 valence electrons. The molecule has 19 heavy (non-hydrogen) atoms. The average Bonchev–Trinajstić information content (AvgIpc) is 2.38. The zero-order valence-corrected chi connectivity index (χ0v) is 12.5. The Kier molecular flexibility index (Phi) is 4.32. The highest BCUT2D eigenvalue weighted by Crippen LogP contribution is 2.36. The van der Waals surface area contributed by atoms with Crippen molar-refractivity contribution >= 4 is 0 Å². The second kappa shape index (κ2) is 5.64. The van der Waals surface area contributed by atoms with E-state index in [9.17, 15) is 0 Å². The summed E-state index contributed by atoms with van der Waals surface area (Å²) in [5, 5.41) is 7.33. The van der Waals surface area contributed by atoms with Crippen LogP contribution >= 0.6 is 0 Å². The van der Waals surface area contributed by atoms with Crippen LogP contribution in [0.3, 0.4) is 0 Å². The fourth-order valence-corrected chi connectivity index (χ4v) is 3.18. The van der Waals surface area contributed by atoms with Gasteiger partial charge in [0.25, 0.3) is 0 Å². The molecule has 1 atom stereocenters. The van der Waals surface area contributed by atoms with Gasteiger partial charge >= 0.3 is 0 Å². The molecule has 1 aromatic carbocycles. The summed E-state index contributed by atoms with van der Waals surface area (Å²) in [5.74, 6) is 0.287. The molecule has 2 rings (SSSR count). The summed E-state index contributed by atoms with van der Waals surface area (Å²) in [6.45, 7) is 13.4. The fraction of sp³-hybridized carbons (Fsp3) is 0.588. The average molecular weight is 259 g/mol. The van der Waals surface area contributed by atoms with Crippen molar-refractivity contribution in [3.8, 4) is 0 Å². The third kappa shape index (κ3) is 3.58. The molecule has 0 bridgehead atoms. The van der Waals surface area contributed by atoms with Crippen LogP contribution in [0.4, 0.5) is 0 Å². The first kappa shape index (κ1) is 14.5. The number of hydrogen-bond acceptors (Lipinski definition) is 2. The molecule has 1 aromatic rings. The highest BCUT2D eigenvalue weighted by molar-refractivity contribution is 5.26. The van der Waals surface area contributed by atoms with E-state index in [4.69, 9.17) is 0 Å². The van der Waals surface area contributed by atoms with Gasteiger partial charge in [-0.15, -0.1) is 0 Å². The van der Waals surface area contributed by atoms with Gasteiger partial charge in [0.15, 0.2) is 0 Å². The van der Waals surface area contributed by atoms with Gasteiger partial charge in [-0.3, -0.25) is 0 Å². The van der Waals surface area contributed by atoms with Gasteiger partial charge in [-0.05, 0) is 59.2 Å². The molecular weight excluding hydrogens is 232 g/mol. The molecule has 0 spiro atoms. The van der Waals surface area contributed by atoms with Gasteiger partial charge in [0.2, 0.25) is 0 Å². The molecule has 0 amide bonds. The van der Waals surface area contributed by atoms with E-state index in [2.05, 4.69) is 68.7 Å². The molecule has 1 radical (unpaired) electrons. The first-order valence-electron chi connectivity index (χ1n) is 7.31. The summed E-state index contributed by atoms with van der Waals surface area (Å²) in [6, 6.07) is 10.7. The molecule has 2 heteroatoms. The summed E-state index contributed by atoms with van der Waals surface area (Å²) >= 11 is 0. The van der Waals surface area contributed by atoms with Crippen LogP contribution in [-0.2, 0) is 0 Å². The van der Waals surface area contributed by atoms with Crippen LogP contribution in [-0.4, -0.2) is 24.2 Å². The molecule has 2 nitrogen and oxygen atoms in total. The maximum absolute atomic E-state index is 4.50. The Hall–Kier alpha value is -0.860. The normalized spacial score (nSPS) is 21.1. The third-order valence-electron chi connectivity index (χ3n) is 3.99. The van der Waals surface area contributed by atoms with Crippen molar-refractivity contribution in [2.45, 2.75) is 50.6 Å². The van der Waals surface area contributed by atoms with E-state index < -0.39 is 0 Å². The van der Waals surface area contributed by atoms with Crippen LogP contribution in [0, 0.1) is 6.92 Å². The number of benzene rings is 1. The Morgan fingerprint density at radius 1 is 1.16 bits per heavy atom. The van der Waals surface area contributed by atoms with Crippen molar-refractivity contribution in [2.75, 3.05) is 13.1 Å². The maximum Gasteiger partial charge on any atom is 0.0278 e. The molecule has 1 heterocycles. The minimum absolute atomic E-state index is 0.102. The highest BCUT2D eigenvalue weighted by atomic mass is 15.1. The Morgan fingerprint density at radius 3 is 2.26 bits per heavy atom. The van der Waals surface area contributed by atoms with E-state index >= 15 is 0 Å². The van der Waals surface area contributed by atoms with Gasteiger partial charge in [0, 0.05) is 17.0 Å². The van der Waals surface area contributed by atoms with Crippen molar-refractivity contribution in [1.29, 1.82) is 0 Å². The molecule has 1 aliphatic heterocycles. The largest absolute Gasteiger partial charge is 0.317 e. The number of rotatable bonds is 3. The molecular formula is C17H27N2. The van der Waals surface area contributed by atoms with Gasteiger partial charge < -0.3 is 10.6 Å². The van der Waals surface area contributed by atoms with Gasteiger partial charge in [0.1, 0.15) is 0 Å². The first-order valence-corrected chi connectivity index (χ1v) is 7.31. The predicted molar refractivity (Wildman–Crippen MR) is 82.3 cm³/mol. The van der Waals surface area contributed by atoms with E-state index in [0.29, 0.717) is 0 Å². The summed E-state index contributed by atoms with van der Waals surface area (Å²) in [4.78, 5) is 0. The summed E-state index contributed by atoms with van der Waals surface area (Å²) in [5.41, 5.74) is 1.55. The molecule has 1 aliphatic rings. The lowest BCUT2D eigenvalue weighted by Gasteiger charge is -2.47. The SMILES string of the molecule is [CH2]C(c1ccccc1)C1(NC(C)(C)C)CCNCC1. The molecule has 0 aromatic heterocycles. The van der Waals surface area contributed by atoms with Crippen LogP contribution in [0.5, 0.6) is 0 Å². The fourth-order valence-electron chi connectivity index (χ4n) is 3.18. The third-order valence-corrected chi connectivity index (χ3v) is 3.99. The quantitative estimate of drug-likeness (QED) is 0.871. The molecule has 0 saturated carbocycles. The first-order chi connectivity index (χ1) is 8.93. The van der Waals surface area contributed by atoms with E-state index in [1.807, 2.05) is 0 Å². The lowest BCUT2D eigenvalue weighted by Crippen LogP contribution is -2.61. The van der Waals surface area contributed by atoms with Crippen LogP contribution in [0.25, 0.3) is 0 Å². The van der Waals surface area contributed by atoms with E-state index in [0.717, 1.165) is 25.9 Å². The van der Waals surface area contributed by atoms with Gasteiger partial charge in [0.05, 0.1) is 0 Å². The van der Waals surface area contributed by atoms with E-state index in [1.165, 1.54) is 5.56 Å².